The molecule has 1 nitrogen and oxygen atoms in total. The summed E-state index contributed by atoms with van der Waals surface area (Å²) in [5.41, 5.74) is 2.13. The molecule has 0 N–H and O–H groups in total. The minimum atomic E-state index is 0.00762. The molecular formula is C18H32O. The van der Waals surface area contributed by atoms with Crippen LogP contribution in [0.3, 0.4) is 0 Å². The van der Waals surface area contributed by atoms with Crippen molar-refractivity contribution in [1.29, 1.82) is 0 Å². The Morgan fingerprint density at radius 1 is 0.895 bits per heavy atom. The largest absolute Gasteiger partial charge is 0.294 e. The highest BCUT2D eigenvalue weighted by molar-refractivity contribution is 6.03. The highest BCUT2D eigenvalue weighted by Gasteiger charge is 2.42. The fourth-order valence-corrected chi connectivity index (χ4v) is 2.05. The second kappa shape index (κ2) is 9.77. The second-order valence-corrected chi connectivity index (χ2v) is 4.35. The van der Waals surface area contributed by atoms with E-state index in [1.54, 1.807) is 0 Å². The summed E-state index contributed by atoms with van der Waals surface area (Å²) in [7, 11) is 0. The van der Waals surface area contributed by atoms with Gasteiger partial charge in [0.2, 0.25) is 0 Å². The van der Waals surface area contributed by atoms with Gasteiger partial charge in [-0.1, -0.05) is 86.6 Å². The zero-order valence-corrected chi connectivity index (χ0v) is 14.3. The standard InChI is InChI=1S/C12H14O.3C2H6/c1-8-11(13)9-6-4-5-7-10(9)12(8,2)3;3*1-2/h4-8H,1-3H3;3*1-2H3. The number of carbonyl (C=O) groups excluding carboxylic acids is 1. The predicted octanol–water partition coefficient (Wildman–Crippen LogP) is 5.88. The zero-order chi connectivity index (χ0) is 15.6. The van der Waals surface area contributed by atoms with Crippen molar-refractivity contribution in [2.75, 3.05) is 0 Å². The Kier molecular flexibility index (Phi) is 10.4. The fourth-order valence-electron chi connectivity index (χ4n) is 2.05. The van der Waals surface area contributed by atoms with Crippen LogP contribution in [0.1, 0.15) is 78.2 Å². The quantitative estimate of drug-likeness (QED) is 0.572. The predicted molar refractivity (Wildman–Crippen MR) is 87.0 cm³/mol. The lowest BCUT2D eigenvalue weighted by Crippen LogP contribution is -2.23. The van der Waals surface area contributed by atoms with Gasteiger partial charge in [0, 0.05) is 16.9 Å². The van der Waals surface area contributed by atoms with Crippen LogP contribution in [0, 0.1) is 5.92 Å². The second-order valence-electron chi connectivity index (χ2n) is 4.35. The number of hydrogen-bond donors (Lipinski definition) is 0. The van der Waals surface area contributed by atoms with E-state index in [-0.39, 0.29) is 11.3 Å². The average Bonchev–Trinajstić information content (AvgIpc) is 2.67. The number of hydrogen-bond acceptors (Lipinski definition) is 1. The van der Waals surface area contributed by atoms with Gasteiger partial charge in [0.1, 0.15) is 0 Å². The first kappa shape index (κ1) is 20.2. The maximum Gasteiger partial charge on any atom is 0.166 e. The molecule has 0 fully saturated rings. The number of ketones is 1. The fraction of sp³-hybridized carbons (Fsp3) is 0.611. The van der Waals surface area contributed by atoms with E-state index in [1.807, 2.05) is 66.7 Å². The van der Waals surface area contributed by atoms with Gasteiger partial charge in [-0.3, -0.25) is 4.79 Å². The van der Waals surface area contributed by atoms with Crippen LogP contribution in [0.2, 0.25) is 0 Å². The topological polar surface area (TPSA) is 17.1 Å². The summed E-state index contributed by atoms with van der Waals surface area (Å²) in [4.78, 5) is 11.8. The summed E-state index contributed by atoms with van der Waals surface area (Å²) in [5.74, 6) is 0.408. The van der Waals surface area contributed by atoms with Crippen LogP contribution in [0.25, 0.3) is 0 Å². The van der Waals surface area contributed by atoms with Gasteiger partial charge >= 0.3 is 0 Å². The molecule has 0 aliphatic heterocycles. The molecule has 0 radical (unpaired) electrons. The van der Waals surface area contributed by atoms with Crippen LogP contribution in [-0.2, 0) is 5.41 Å². The molecule has 1 heteroatoms. The van der Waals surface area contributed by atoms with E-state index in [2.05, 4.69) is 19.9 Å². The van der Waals surface area contributed by atoms with Crippen LogP contribution in [0.15, 0.2) is 24.3 Å². The molecule has 1 aliphatic rings. The molecule has 0 amide bonds. The van der Waals surface area contributed by atoms with Crippen LogP contribution in [0.5, 0.6) is 0 Å². The summed E-state index contributed by atoms with van der Waals surface area (Å²) in [6.07, 6.45) is 0. The molecule has 1 aliphatic carbocycles. The number of Topliss-reactive ketones (excluding diaryl/α,β-unsaturated/α-hetero) is 1. The Morgan fingerprint density at radius 2 is 1.32 bits per heavy atom. The van der Waals surface area contributed by atoms with Crippen molar-refractivity contribution >= 4 is 5.78 Å². The summed E-state index contributed by atoms with van der Waals surface area (Å²) in [6, 6.07) is 7.94. The zero-order valence-electron chi connectivity index (χ0n) is 14.3. The lowest BCUT2D eigenvalue weighted by molar-refractivity contribution is 0.0912. The monoisotopic (exact) mass is 264 g/mol. The lowest BCUT2D eigenvalue weighted by atomic mass is 9.79. The van der Waals surface area contributed by atoms with Gasteiger partial charge in [-0.2, -0.15) is 0 Å². The minimum Gasteiger partial charge on any atom is -0.294 e. The van der Waals surface area contributed by atoms with Gasteiger partial charge in [-0.15, -0.1) is 0 Å². The van der Waals surface area contributed by atoms with Crippen molar-refractivity contribution in [2.45, 2.75) is 67.7 Å². The third-order valence-corrected chi connectivity index (χ3v) is 3.36. The third-order valence-electron chi connectivity index (χ3n) is 3.36. The molecule has 0 saturated carbocycles. The minimum absolute atomic E-state index is 0.00762. The summed E-state index contributed by atoms with van der Waals surface area (Å²) in [5, 5.41) is 0. The first-order chi connectivity index (χ1) is 9.05. The van der Waals surface area contributed by atoms with Crippen LogP contribution >= 0.6 is 0 Å². The van der Waals surface area contributed by atoms with E-state index in [9.17, 15) is 4.79 Å². The normalized spacial score (nSPS) is 17.7. The summed E-state index contributed by atoms with van der Waals surface area (Å²) < 4.78 is 0. The molecule has 1 atom stereocenters. The highest BCUT2D eigenvalue weighted by Crippen LogP contribution is 2.42. The van der Waals surface area contributed by atoms with Crippen LogP contribution in [0.4, 0.5) is 0 Å². The van der Waals surface area contributed by atoms with E-state index < -0.39 is 0 Å². The van der Waals surface area contributed by atoms with Gasteiger partial charge < -0.3 is 0 Å². The maximum atomic E-state index is 11.8. The maximum absolute atomic E-state index is 11.8. The summed E-state index contributed by atoms with van der Waals surface area (Å²) >= 11 is 0. The Balaban J connectivity index is 0. The number of fused-ring (bicyclic) bond motifs is 1. The van der Waals surface area contributed by atoms with Crippen LogP contribution < -0.4 is 0 Å². The Bertz CT molecular complexity index is 364. The van der Waals surface area contributed by atoms with Crippen LogP contribution in [-0.4, -0.2) is 5.78 Å². The summed E-state index contributed by atoms with van der Waals surface area (Å²) in [6.45, 7) is 18.3. The lowest BCUT2D eigenvalue weighted by Gasteiger charge is -2.23. The van der Waals surface area contributed by atoms with E-state index >= 15 is 0 Å². The molecule has 0 heterocycles. The molecular weight excluding hydrogens is 232 g/mol. The number of carbonyl (C=O) groups is 1. The van der Waals surface area contributed by atoms with E-state index in [0.29, 0.717) is 5.78 Å². The Morgan fingerprint density at radius 3 is 1.74 bits per heavy atom. The average molecular weight is 264 g/mol. The molecule has 0 bridgehead atoms. The van der Waals surface area contributed by atoms with E-state index in [0.717, 1.165) is 5.56 Å². The van der Waals surface area contributed by atoms with E-state index in [1.165, 1.54) is 5.56 Å². The van der Waals surface area contributed by atoms with Crippen molar-refractivity contribution in [1.82, 2.24) is 0 Å². The molecule has 2 rings (SSSR count). The van der Waals surface area contributed by atoms with Gasteiger partial charge in [0.25, 0.3) is 0 Å². The van der Waals surface area contributed by atoms with Gasteiger partial charge in [-0.05, 0) is 5.56 Å². The SMILES string of the molecule is CC.CC.CC.CC1C(=O)c2ccccc2C1(C)C. The third kappa shape index (κ3) is 4.19. The van der Waals surface area contributed by atoms with Crippen molar-refractivity contribution in [3.05, 3.63) is 35.4 Å². The van der Waals surface area contributed by atoms with Crippen molar-refractivity contribution in [3.8, 4) is 0 Å². The van der Waals surface area contributed by atoms with E-state index in [4.69, 9.17) is 0 Å². The molecule has 110 valence electrons. The Labute approximate surface area is 120 Å². The van der Waals surface area contributed by atoms with Crippen molar-refractivity contribution in [3.63, 3.8) is 0 Å². The molecule has 19 heavy (non-hydrogen) atoms. The molecule has 1 aromatic rings. The molecule has 0 aromatic heterocycles. The molecule has 1 unspecified atom stereocenters. The highest BCUT2D eigenvalue weighted by atomic mass is 16.1. The molecule has 0 saturated heterocycles. The first-order valence-corrected chi connectivity index (χ1v) is 7.69. The van der Waals surface area contributed by atoms with Crippen molar-refractivity contribution in [2.24, 2.45) is 5.92 Å². The molecule has 0 spiro atoms. The number of benzene rings is 1. The smallest absolute Gasteiger partial charge is 0.166 e. The van der Waals surface area contributed by atoms with Gasteiger partial charge in [0.15, 0.2) is 5.78 Å². The Hall–Kier alpha value is -1.11. The molecule has 1 aromatic carbocycles. The van der Waals surface area contributed by atoms with Crippen molar-refractivity contribution < 1.29 is 4.79 Å². The van der Waals surface area contributed by atoms with Gasteiger partial charge in [0.05, 0.1) is 0 Å². The first-order valence-electron chi connectivity index (χ1n) is 7.69. The number of rotatable bonds is 0. The van der Waals surface area contributed by atoms with Gasteiger partial charge in [-0.25, -0.2) is 0 Å².